The Labute approximate surface area is 87.3 Å². The molecule has 1 aliphatic rings. The lowest BCUT2D eigenvalue weighted by molar-refractivity contribution is -0.119. The fraction of sp³-hybridized carbons (Fsp3) is 0.889. The van der Waals surface area contributed by atoms with E-state index < -0.39 is 10.8 Å². The van der Waals surface area contributed by atoms with Crippen LogP contribution in [0.25, 0.3) is 0 Å². The minimum Gasteiger partial charge on any atom is -0.353 e. The summed E-state index contributed by atoms with van der Waals surface area (Å²) in [7, 11) is -0.997. The molecule has 14 heavy (non-hydrogen) atoms. The second-order valence-corrected chi connectivity index (χ2v) is 5.50. The number of nitrogens with one attached hydrogen (secondary N) is 2. The van der Waals surface area contributed by atoms with Crippen LogP contribution in [0.1, 0.15) is 13.8 Å². The molecule has 0 aromatic rings. The highest BCUT2D eigenvalue weighted by Crippen LogP contribution is 2.04. The van der Waals surface area contributed by atoms with E-state index in [0.717, 1.165) is 13.1 Å². The van der Waals surface area contributed by atoms with Crippen LogP contribution in [0.5, 0.6) is 0 Å². The van der Waals surface area contributed by atoms with Crippen molar-refractivity contribution in [3.63, 3.8) is 0 Å². The zero-order valence-electron chi connectivity index (χ0n) is 8.71. The molecular weight excluding hydrogens is 200 g/mol. The molecule has 4 nitrogen and oxygen atoms in total. The quantitative estimate of drug-likeness (QED) is 0.653. The van der Waals surface area contributed by atoms with Crippen LogP contribution in [0.4, 0.5) is 0 Å². The van der Waals surface area contributed by atoms with Gasteiger partial charge in [0.2, 0.25) is 5.91 Å². The first-order valence-corrected chi connectivity index (χ1v) is 6.41. The Bertz CT molecular complexity index is 227. The lowest BCUT2D eigenvalue weighted by Gasteiger charge is -2.26. The van der Waals surface area contributed by atoms with Gasteiger partial charge in [-0.3, -0.25) is 9.00 Å². The van der Waals surface area contributed by atoms with E-state index >= 15 is 0 Å². The monoisotopic (exact) mass is 218 g/mol. The van der Waals surface area contributed by atoms with Crippen LogP contribution in [-0.2, 0) is 15.6 Å². The van der Waals surface area contributed by atoms with Gasteiger partial charge in [0, 0.05) is 35.7 Å². The molecule has 0 spiro atoms. The molecule has 0 bridgehead atoms. The first-order chi connectivity index (χ1) is 6.58. The molecule has 0 aromatic heterocycles. The fourth-order valence-corrected chi connectivity index (χ4v) is 2.55. The fourth-order valence-electron chi connectivity index (χ4n) is 1.30. The average molecular weight is 218 g/mol. The Morgan fingerprint density at radius 2 is 2.21 bits per heavy atom. The summed E-state index contributed by atoms with van der Waals surface area (Å²) < 4.78 is 11.5. The molecule has 1 unspecified atom stereocenters. The molecule has 0 aromatic carbocycles. The first kappa shape index (κ1) is 11.7. The number of rotatable bonds is 5. The first-order valence-electron chi connectivity index (χ1n) is 4.93. The van der Waals surface area contributed by atoms with Gasteiger partial charge in [0.1, 0.15) is 5.75 Å². The maximum atomic E-state index is 11.5. The van der Waals surface area contributed by atoms with E-state index in [1.54, 1.807) is 0 Å². The van der Waals surface area contributed by atoms with E-state index in [1.165, 1.54) is 0 Å². The SMILES string of the molecule is CC(C)NC(=O)CS(=O)CC1CNC1. The van der Waals surface area contributed by atoms with Crippen molar-refractivity contribution in [1.82, 2.24) is 10.6 Å². The van der Waals surface area contributed by atoms with E-state index in [0.29, 0.717) is 11.7 Å². The second-order valence-electron chi connectivity index (χ2n) is 4.00. The van der Waals surface area contributed by atoms with E-state index in [4.69, 9.17) is 0 Å². The van der Waals surface area contributed by atoms with Crippen molar-refractivity contribution in [3.8, 4) is 0 Å². The zero-order chi connectivity index (χ0) is 10.6. The summed E-state index contributed by atoms with van der Waals surface area (Å²) in [5.41, 5.74) is 0. The molecule has 1 heterocycles. The van der Waals surface area contributed by atoms with Crippen LogP contribution in [0.2, 0.25) is 0 Å². The Balaban J connectivity index is 2.15. The molecule has 1 saturated heterocycles. The summed E-state index contributed by atoms with van der Waals surface area (Å²) in [6.07, 6.45) is 0. The van der Waals surface area contributed by atoms with Gasteiger partial charge in [0.15, 0.2) is 0 Å². The number of hydrogen-bond acceptors (Lipinski definition) is 3. The smallest absolute Gasteiger partial charge is 0.232 e. The molecule has 1 amide bonds. The number of carbonyl (C=O) groups is 1. The van der Waals surface area contributed by atoms with Crippen LogP contribution in [0, 0.1) is 5.92 Å². The van der Waals surface area contributed by atoms with Gasteiger partial charge in [-0.05, 0) is 19.8 Å². The molecule has 0 saturated carbocycles. The van der Waals surface area contributed by atoms with Crippen molar-refractivity contribution in [2.24, 2.45) is 5.92 Å². The third kappa shape index (κ3) is 4.19. The van der Waals surface area contributed by atoms with E-state index in [-0.39, 0.29) is 17.7 Å². The highest BCUT2D eigenvalue weighted by atomic mass is 32.2. The molecule has 1 atom stereocenters. The summed E-state index contributed by atoms with van der Waals surface area (Å²) in [6, 6.07) is 0.130. The largest absolute Gasteiger partial charge is 0.353 e. The summed E-state index contributed by atoms with van der Waals surface area (Å²) >= 11 is 0. The van der Waals surface area contributed by atoms with Crippen molar-refractivity contribution in [2.45, 2.75) is 19.9 Å². The van der Waals surface area contributed by atoms with Gasteiger partial charge >= 0.3 is 0 Å². The normalized spacial score (nSPS) is 19.1. The summed E-state index contributed by atoms with van der Waals surface area (Å²) in [5.74, 6) is 1.20. The van der Waals surface area contributed by atoms with Crippen LogP contribution in [0.15, 0.2) is 0 Å². The lowest BCUT2D eigenvalue weighted by Crippen LogP contribution is -2.45. The molecular formula is C9H18N2O2S. The van der Waals surface area contributed by atoms with Gasteiger partial charge in [0.25, 0.3) is 0 Å². The lowest BCUT2D eigenvalue weighted by atomic mass is 10.1. The third-order valence-corrected chi connectivity index (χ3v) is 3.46. The van der Waals surface area contributed by atoms with Crippen molar-refractivity contribution in [3.05, 3.63) is 0 Å². The Morgan fingerprint density at radius 3 is 2.64 bits per heavy atom. The summed E-state index contributed by atoms with van der Waals surface area (Å²) in [5, 5.41) is 5.85. The maximum absolute atomic E-state index is 11.5. The molecule has 1 rings (SSSR count). The van der Waals surface area contributed by atoms with Gasteiger partial charge in [-0.15, -0.1) is 0 Å². The topological polar surface area (TPSA) is 58.2 Å². The minimum absolute atomic E-state index is 0.106. The molecule has 0 aliphatic carbocycles. The number of hydrogen-bond donors (Lipinski definition) is 2. The molecule has 82 valence electrons. The van der Waals surface area contributed by atoms with Crippen LogP contribution >= 0.6 is 0 Å². The highest BCUT2D eigenvalue weighted by molar-refractivity contribution is 7.85. The van der Waals surface area contributed by atoms with Crippen molar-refractivity contribution in [2.75, 3.05) is 24.6 Å². The maximum Gasteiger partial charge on any atom is 0.232 e. The molecule has 2 N–H and O–H groups in total. The zero-order valence-corrected chi connectivity index (χ0v) is 9.52. The van der Waals surface area contributed by atoms with Crippen LogP contribution in [0.3, 0.4) is 0 Å². The molecule has 0 radical (unpaired) electrons. The Kier molecular flexibility index (Phi) is 4.54. The van der Waals surface area contributed by atoms with Gasteiger partial charge in [0.05, 0.1) is 0 Å². The molecule has 1 fully saturated rings. The average Bonchev–Trinajstić information content (AvgIpc) is 1.94. The van der Waals surface area contributed by atoms with Crippen molar-refractivity contribution in [1.29, 1.82) is 0 Å². The van der Waals surface area contributed by atoms with E-state index in [9.17, 15) is 9.00 Å². The molecule has 1 aliphatic heterocycles. The predicted molar refractivity (Wildman–Crippen MR) is 57.5 cm³/mol. The minimum atomic E-state index is -0.997. The van der Waals surface area contributed by atoms with E-state index in [2.05, 4.69) is 10.6 Å². The van der Waals surface area contributed by atoms with Gasteiger partial charge < -0.3 is 10.6 Å². The summed E-state index contributed by atoms with van der Waals surface area (Å²) in [4.78, 5) is 11.2. The van der Waals surface area contributed by atoms with Crippen molar-refractivity contribution >= 4 is 16.7 Å². The number of amides is 1. The predicted octanol–water partition coefficient (Wildman–Crippen LogP) is -0.521. The van der Waals surface area contributed by atoms with Gasteiger partial charge in [-0.2, -0.15) is 0 Å². The van der Waals surface area contributed by atoms with Gasteiger partial charge in [-0.25, -0.2) is 0 Å². The summed E-state index contributed by atoms with van der Waals surface area (Å²) in [6.45, 7) is 5.68. The second kappa shape index (κ2) is 5.46. The van der Waals surface area contributed by atoms with Gasteiger partial charge in [-0.1, -0.05) is 0 Å². The number of carbonyl (C=O) groups excluding carboxylic acids is 1. The van der Waals surface area contributed by atoms with E-state index in [1.807, 2.05) is 13.8 Å². The Hall–Kier alpha value is -0.420. The van der Waals surface area contributed by atoms with Crippen molar-refractivity contribution < 1.29 is 9.00 Å². The van der Waals surface area contributed by atoms with Crippen LogP contribution in [-0.4, -0.2) is 40.8 Å². The molecule has 5 heteroatoms. The third-order valence-electron chi connectivity index (χ3n) is 2.03. The van der Waals surface area contributed by atoms with Crippen LogP contribution < -0.4 is 10.6 Å². The standard InChI is InChI=1S/C9H18N2O2S/c1-7(2)11-9(12)6-14(13)5-8-3-10-4-8/h7-8,10H,3-6H2,1-2H3,(H,11,12). The highest BCUT2D eigenvalue weighted by Gasteiger charge is 2.20. The Morgan fingerprint density at radius 1 is 1.57 bits per heavy atom.